The standard InChI is InChI=1S/C18H22O2/c1-4-16-17(19-2)12-15(13-18(16)20-3)11-10-14-8-6-5-7-9-14/h5-9,12-13H,4,10-11H2,1-3H3. The summed E-state index contributed by atoms with van der Waals surface area (Å²) in [4.78, 5) is 0. The van der Waals surface area contributed by atoms with Crippen molar-refractivity contribution in [2.45, 2.75) is 26.2 Å². The molecule has 0 N–H and O–H groups in total. The van der Waals surface area contributed by atoms with Crippen molar-refractivity contribution in [3.8, 4) is 11.5 Å². The Hall–Kier alpha value is -1.96. The summed E-state index contributed by atoms with van der Waals surface area (Å²) in [5.74, 6) is 1.85. The number of methoxy groups -OCH3 is 2. The summed E-state index contributed by atoms with van der Waals surface area (Å²) in [7, 11) is 3.43. The van der Waals surface area contributed by atoms with Crippen molar-refractivity contribution >= 4 is 0 Å². The molecule has 0 unspecified atom stereocenters. The molecule has 2 aromatic carbocycles. The number of hydrogen-bond donors (Lipinski definition) is 0. The normalized spacial score (nSPS) is 10.3. The molecule has 0 aliphatic carbocycles. The fourth-order valence-electron chi connectivity index (χ4n) is 2.46. The third kappa shape index (κ3) is 3.32. The van der Waals surface area contributed by atoms with Gasteiger partial charge in [-0.25, -0.2) is 0 Å². The maximum Gasteiger partial charge on any atom is 0.126 e. The van der Waals surface area contributed by atoms with E-state index >= 15 is 0 Å². The largest absolute Gasteiger partial charge is 0.496 e. The molecule has 0 radical (unpaired) electrons. The van der Waals surface area contributed by atoms with Gasteiger partial charge in [0, 0.05) is 5.56 Å². The van der Waals surface area contributed by atoms with Gasteiger partial charge in [0.2, 0.25) is 0 Å². The van der Waals surface area contributed by atoms with Crippen molar-refractivity contribution < 1.29 is 9.47 Å². The molecule has 0 aliphatic heterocycles. The second kappa shape index (κ2) is 6.99. The molecule has 0 saturated carbocycles. The van der Waals surface area contributed by atoms with Gasteiger partial charge in [0.15, 0.2) is 0 Å². The van der Waals surface area contributed by atoms with E-state index in [0.717, 1.165) is 36.3 Å². The molecule has 106 valence electrons. The van der Waals surface area contributed by atoms with Crippen LogP contribution in [-0.2, 0) is 19.3 Å². The average molecular weight is 270 g/mol. The lowest BCUT2D eigenvalue weighted by molar-refractivity contribution is 0.385. The van der Waals surface area contributed by atoms with Crippen LogP contribution >= 0.6 is 0 Å². The van der Waals surface area contributed by atoms with Crippen LogP contribution in [0.3, 0.4) is 0 Å². The lowest BCUT2D eigenvalue weighted by Gasteiger charge is -2.14. The molecule has 0 atom stereocenters. The van der Waals surface area contributed by atoms with Gasteiger partial charge in [-0.2, -0.15) is 0 Å². The predicted octanol–water partition coefficient (Wildman–Crippen LogP) is 4.05. The Morgan fingerprint density at radius 1 is 0.800 bits per heavy atom. The maximum absolute atomic E-state index is 5.49. The van der Waals surface area contributed by atoms with E-state index in [1.165, 1.54) is 11.1 Å². The molecule has 0 fully saturated rings. The molecule has 0 aliphatic rings. The van der Waals surface area contributed by atoms with Gasteiger partial charge in [0.1, 0.15) is 11.5 Å². The van der Waals surface area contributed by atoms with E-state index in [-0.39, 0.29) is 0 Å². The molecule has 0 spiro atoms. The average Bonchev–Trinajstić information content (AvgIpc) is 2.52. The first-order chi connectivity index (χ1) is 9.78. The summed E-state index contributed by atoms with van der Waals surface area (Å²) in [6.07, 6.45) is 2.92. The molecular weight excluding hydrogens is 248 g/mol. The van der Waals surface area contributed by atoms with Gasteiger partial charge in [-0.05, 0) is 42.5 Å². The van der Waals surface area contributed by atoms with Crippen molar-refractivity contribution in [3.63, 3.8) is 0 Å². The second-order valence-electron chi connectivity index (χ2n) is 4.82. The third-order valence-electron chi connectivity index (χ3n) is 3.57. The van der Waals surface area contributed by atoms with E-state index < -0.39 is 0 Å². The minimum Gasteiger partial charge on any atom is -0.496 e. The van der Waals surface area contributed by atoms with E-state index in [2.05, 4.69) is 43.3 Å². The summed E-state index contributed by atoms with van der Waals surface area (Å²) >= 11 is 0. The van der Waals surface area contributed by atoms with Crippen molar-refractivity contribution in [2.75, 3.05) is 14.2 Å². The molecule has 2 rings (SSSR count). The van der Waals surface area contributed by atoms with Crippen LogP contribution in [0.2, 0.25) is 0 Å². The quantitative estimate of drug-likeness (QED) is 0.788. The molecular formula is C18H22O2. The van der Waals surface area contributed by atoms with E-state index in [1.54, 1.807) is 14.2 Å². The summed E-state index contributed by atoms with van der Waals surface area (Å²) < 4.78 is 11.0. The number of rotatable bonds is 6. The number of ether oxygens (including phenoxy) is 2. The molecule has 0 aromatic heterocycles. The van der Waals surface area contributed by atoms with Gasteiger partial charge in [-0.1, -0.05) is 37.3 Å². The zero-order chi connectivity index (χ0) is 14.4. The molecule has 2 heteroatoms. The summed E-state index contributed by atoms with van der Waals surface area (Å²) in [5, 5.41) is 0. The van der Waals surface area contributed by atoms with Crippen LogP contribution in [-0.4, -0.2) is 14.2 Å². The zero-order valence-electron chi connectivity index (χ0n) is 12.5. The molecule has 2 aromatic rings. The highest BCUT2D eigenvalue weighted by Gasteiger charge is 2.10. The highest BCUT2D eigenvalue weighted by atomic mass is 16.5. The SMILES string of the molecule is CCc1c(OC)cc(CCc2ccccc2)cc1OC. The number of benzene rings is 2. The number of aryl methyl sites for hydroxylation is 2. The highest BCUT2D eigenvalue weighted by Crippen LogP contribution is 2.31. The lowest BCUT2D eigenvalue weighted by atomic mass is 10.0. The topological polar surface area (TPSA) is 18.5 Å². The summed E-state index contributed by atoms with van der Waals surface area (Å²) in [6, 6.07) is 14.8. The first-order valence-corrected chi connectivity index (χ1v) is 7.06. The Balaban J connectivity index is 2.19. The zero-order valence-corrected chi connectivity index (χ0v) is 12.5. The van der Waals surface area contributed by atoms with Gasteiger partial charge in [-0.3, -0.25) is 0 Å². The van der Waals surface area contributed by atoms with Crippen LogP contribution < -0.4 is 9.47 Å². The van der Waals surface area contributed by atoms with Gasteiger partial charge in [0.25, 0.3) is 0 Å². The molecule has 0 amide bonds. The molecule has 0 saturated heterocycles. The van der Waals surface area contributed by atoms with E-state index in [0.29, 0.717) is 0 Å². The Bertz CT molecular complexity index is 522. The van der Waals surface area contributed by atoms with Crippen LogP contribution in [0.5, 0.6) is 11.5 Å². The Morgan fingerprint density at radius 2 is 1.35 bits per heavy atom. The Kier molecular flexibility index (Phi) is 5.05. The van der Waals surface area contributed by atoms with Crippen LogP contribution in [0.15, 0.2) is 42.5 Å². The van der Waals surface area contributed by atoms with E-state index in [4.69, 9.17) is 9.47 Å². The van der Waals surface area contributed by atoms with Gasteiger partial charge >= 0.3 is 0 Å². The molecule has 0 bridgehead atoms. The molecule has 0 heterocycles. The second-order valence-corrected chi connectivity index (χ2v) is 4.82. The van der Waals surface area contributed by atoms with Gasteiger partial charge < -0.3 is 9.47 Å². The van der Waals surface area contributed by atoms with Crippen molar-refractivity contribution in [3.05, 3.63) is 59.2 Å². The van der Waals surface area contributed by atoms with Crippen molar-refractivity contribution in [1.29, 1.82) is 0 Å². The number of hydrogen-bond acceptors (Lipinski definition) is 2. The monoisotopic (exact) mass is 270 g/mol. The maximum atomic E-state index is 5.49. The van der Waals surface area contributed by atoms with Crippen molar-refractivity contribution in [2.24, 2.45) is 0 Å². The molecule has 20 heavy (non-hydrogen) atoms. The fourth-order valence-corrected chi connectivity index (χ4v) is 2.46. The van der Waals surface area contributed by atoms with Crippen LogP contribution in [0.4, 0.5) is 0 Å². The van der Waals surface area contributed by atoms with E-state index in [9.17, 15) is 0 Å². The van der Waals surface area contributed by atoms with E-state index in [1.807, 2.05) is 6.07 Å². The first kappa shape index (κ1) is 14.4. The third-order valence-corrected chi connectivity index (χ3v) is 3.57. The summed E-state index contributed by atoms with van der Waals surface area (Å²) in [5.41, 5.74) is 3.74. The Morgan fingerprint density at radius 3 is 1.85 bits per heavy atom. The highest BCUT2D eigenvalue weighted by molar-refractivity contribution is 5.48. The molecule has 2 nitrogen and oxygen atoms in total. The van der Waals surface area contributed by atoms with Crippen LogP contribution in [0.1, 0.15) is 23.6 Å². The minimum absolute atomic E-state index is 0.908. The van der Waals surface area contributed by atoms with Crippen LogP contribution in [0.25, 0.3) is 0 Å². The summed E-state index contributed by atoms with van der Waals surface area (Å²) in [6.45, 7) is 2.12. The first-order valence-electron chi connectivity index (χ1n) is 7.06. The minimum atomic E-state index is 0.908. The van der Waals surface area contributed by atoms with Crippen LogP contribution in [0, 0.1) is 0 Å². The van der Waals surface area contributed by atoms with Gasteiger partial charge in [0.05, 0.1) is 14.2 Å². The van der Waals surface area contributed by atoms with Gasteiger partial charge in [-0.15, -0.1) is 0 Å². The fraction of sp³-hybridized carbons (Fsp3) is 0.333. The smallest absolute Gasteiger partial charge is 0.126 e. The predicted molar refractivity (Wildman–Crippen MR) is 82.8 cm³/mol. The Labute approximate surface area is 121 Å². The lowest BCUT2D eigenvalue weighted by Crippen LogP contribution is -1.99. The van der Waals surface area contributed by atoms with Crippen molar-refractivity contribution in [1.82, 2.24) is 0 Å².